The first-order valence-electron chi connectivity index (χ1n) is 11.1. The lowest BCUT2D eigenvalue weighted by molar-refractivity contribution is -0.117. The van der Waals surface area contributed by atoms with Crippen molar-refractivity contribution in [2.24, 2.45) is 5.73 Å². The number of hydrogen-bond donors (Lipinski definition) is 3. The molecule has 0 aliphatic rings. The largest absolute Gasteiger partial charge is 0.489 e. The molecule has 1 atom stereocenters. The number of benzene rings is 3. The van der Waals surface area contributed by atoms with Gasteiger partial charge < -0.3 is 21.2 Å². The topological polar surface area (TPSA) is 88.2 Å². The van der Waals surface area contributed by atoms with Gasteiger partial charge >= 0.3 is 0 Å². The van der Waals surface area contributed by atoms with Crippen molar-refractivity contribution in [1.82, 2.24) is 0 Å². The summed E-state index contributed by atoms with van der Waals surface area (Å²) < 4.78 is 5.94. The van der Waals surface area contributed by atoms with Gasteiger partial charge in [-0.3, -0.25) is 4.79 Å². The van der Waals surface area contributed by atoms with Crippen LogP contribution in [0.4, 0.5) is 5.69 Å². The molecule has 0 fully saturated rings. The van der Waals surface area contributed by atoms with Crippen LogP contribution in [-0.4, -0.2) is 18.7 Å². The van der Waals surface area contributed by atoms with E-state index in [1.165, 1.54) is 6.21 Å². The van der Waals surface area contributed by atoms with Crippen molar-refractivity contribution in [3.8, 4) is 5.75 Å². The number of nitrogens with one attached hydrogen (secondary N) is 2. The van der Waals surface area contributed by atoms with Crippen LogP contribution in [0.25, 0.3) is 0 Å². The third-order valence-electron chi connectivity index (χ3n) is 5.37. The predicted molar refractivity (Wildman–Crippen MR) is 131 cm³/mol. The highest BCUT2D eigenvalue weighted by Gasteiger charge is 2.21. The van der Waals surface area contributed by atoms with Crippen LogP contribution in [0.5, 0.6) is 5.75 Å². The monoisotopic (exact) mass is 429 g/mol. The summed E-state index contributed by atoms with van der Waals surface area (Å²) in [7, 11) is 0. The van der Waals surface area contributed by atoms with Crippen LogP contribution < -0.4 is 15.8 Å². The molecule has 166 valence electrons. The van der Waals surface area contributed by atoms with Gasteiger partial charge in [0, 0.05) is 11.9 Å². The van der Waals surface area contributed by atoms with Crippen LogP contribution in [0.15, 0.2) is 72.8 Å². The molecule has 4 N–H and O–H groups in total. The number of rotatable bonds is 11. The second-order valence-electron chi connectivity index (χ2n) is 7.77. The minimum Gasteiger partial charge on any atom is -0.489 e. The van der Waals surface area contributed by atoms with E-state index in [-0.39, 0.29) is 11.8 Å². The molecular formula is C27H31N3O2. The molecule has 3 aromatic rings. The van der Waals surface area contributed by atoms with Crippen LogP contribution in [0.2, 0.25) is 0 Å². The first-order chi connectivity index (χ1) is 15.6. The van der Waals surface area contributed by atoms with E-state index in [2.05, 4.69) is 12.2 Å². The molecule has 1 amide bonds. The quantitative estimate of drug-likeness (QED) is 0.362. The Labute approximate surface area is 190 Å². The summed E-state index contributed by atoms with van der Waals surface area (Å²) in [5.41, 5.74) is 10.4. The lowest BCUT2D eigenvalue weighted by Gasteiger charge is -2.18. The first kappa shape index (κ1) is 23.2. The molecule has 32 heavy (non-hydrogen) atoms. The van der Waals surface area contributed by atoms with E-state index >= 15 is 0 Å². The van der Waals surface area contributed by atoms with Crippen molar-refractivity contribution in [2.45, 2.75) is 38.7 Å². The lowest BCUT2D eigenvalue weighted by atomic mass is 9.94. The third kappa shape index (κ3) is 6.28. The molecule has 0 saturated heterocycles. The molecular weight excluding hydrogens is 398 g/mol. The average Bonchev–Trinajstić information content (AvgIpc) is 2.83. The number of carbonyl (C=O) groups is 1. The SMILES string of the molecule is CCCc1ccc(NC(=O)C(CCN)c2cccc(OCc3ccccc3)c2)cc1C=N. The third-order valence-corrected chi connectivity index (χ3v) is 5.37. The summed E-state index contributed by atoms with van der Waals surface area (Å²) in [4.78, 5) is 13.1. The van der Waals surface area contributed by atoms with Crippen LogP contribution in [0.3, 0.4) is 0 Å². The maximum atomic E-state index is 13.1. The number of carbonyl (C=O) groups excluding carboxylic acids is 1. The Bertz CT molecular complexity index is 1030. The molecule has 5 nitrogen and oxygen atoms in total. The van der Waals surface area contributed by atoms with Gasteiger partial charge in [-0.05, 0) is 65.9 Å². The highest BCUT2D eigenvalue weighted by atomic mass is 16.5. The standard InChI is InChI=1S/C27H31N3O2/c1-2-7-21-12-13-24(16-23(21)18-29)30-27(31)26(14-15-28)22-10-6-11-25(17-22)32-19-20-8-4-3-5-9-20/h3-6,8-13,16-18,26,29H,2,7,14-15,19,28H2,1H3,(H,30,31). The second-order valence-corrected chi connectivity index (χ2v) is 7.77. The first-order valence-corrected chi connectivity index (χ1v) is 11.1. The Kier molecular flexibility index (Phi) is 8.58. The molecule has 3 rings (SSSR count). The molecule has 0 radical (unpaired) electrons. The van der Waals surface area contributed by atoms with Crippen LogP contribution in [0, 0.1) is 5.41 Å². The van der Waals surface area contributed by atoms with Gasteiger partial charge in [0.2, 0.25) is 5.91 Å². The highest BCUT2D eigenvalue weighted by Crippen LogP contribution is 2.26. The van der Waals surface area contributed by atoms with Gasteiger partial charge in [-0.2, -0.15) is 0 Å². The Morgan fingerprint density at radius 3 is 2.62 bits per heavy atom. The normalized spacial score (nSPS) is 11.6. The number of amides is 1. The number of aryl methyl sites for hydroxylation is 1. The summed E-state index contributed by atoms with van der Waals surface area (Å²) in [5, 5.41) is 10.7. The zero-order valence-corrected chi connectivity index (χ0v) is 18.5. The number of nitrogens with two attached hydrogens (primary N) is 1. The molecule has 0 saturated carbocycles. The maximum absolute atomic E-state index is 13.1. The zero-order valence-electron chi connectivity index (χ0n) is 18.5. The van der Waals surface area contributed by atoms with Gasteiger partial charge in [-0.15, -0.1) is 0 Å². The summed E-state index contributed by atoms with van der Waals surface area (Å²) >= 11 is 0. The minimum absolute atomic E-state index is 0.116. The van der Waals surface area contributed by atoms with E-state index in [1.807, 2.05) is 72.8 Å². The molecule has 0 aromatic heterocycles. The Morgan fingerprint density at radius 1 is 1.09 bits per heavy atom. The number of hydrogen-bond acceptors (Lipinski definition) is 4. The van der Waals surface area contributed by atoms with Crippen LogP contribution in [0.1, 0.15) is 47.9 Å². The molecule has 0 spiro atoms. The maximum Gasteiger partial charge on any atom is 0.231 e. The van der Waals surface area contributed by atoms with E-state index < -0.39 is 0 Å². The van der Waals surface area contributed by atoms with E-state index in [0.717, 1.165) is 40.8 Å². The second kappa shape index (κ2) is 11.8. The fraction of sp³-hybridized carbons (Fsp3) is 0.259. The van der Waals surface area contributed by atoms with E-state index in [0.29, 0.717) is 25.3 Å². The molecule has 0 aliphatic carbocycles. The van der Waals surface area contributed by atoms with Gasteiger partial charge in [0.15, 0.2) is 0 Å². The highest BCUT2D eigenvalue weighted by molar-refractivity contribution is 5.96. The lowest BCUT2D eigenvalue weighted by Crippen LogP contribution is -2.23. The van der Waals surface area contributed by atoms with E-state index in [4.69, 9.17) is 15.9 Å². The number of ether oxygens (including phenoxy) is 1. The molecule has 1 unspecified atom stereocenters. The molecule has 3 aromatic carbocycles. The van der Waals surface area contributed by atoms with Gasteiger partial charge in [0.1, 0.15) is 12.4 Å². The van der Waals surface area contributed by atoms with Gasteiger partial charge in [-0.1, -0.05) is 61.9 Å². The Balaban J connectivity index is 1.74. The predicted octanol–water partition coefficient (Wildman–Crippen LogP) is 5.29. The van der Waals surface area contributed by atoms with Crippen molar-refractivity contribution in [3.05, 3.63) is 95.1 Å². The Hall–Kier alpha value is -3.44. The fourth-order valence-electron chi connectivity index (χ4n) is 3.71. The zero-order chi connectivity index (χ0) is 22.8. The van der Waals surface area contributed by atoms with Crippen molar-refractivity contribution < 1.29 is 9.53 Å². The van der Waals surface area contributed by atoms with Gasteiger partial charge in [0.05, 0.1) is 5.92 Å². The Morgan fingerprint density at radius 2 is 1.91 bits per heavy atom. The van der Waals surface area contributed by atoms with Crippen molar-refractivity contribution in [1.29, 1.82) is 5.41 Å². The van der Waals surface area contributed by atoms with E-state index in [9.17, 15) is 4.79 Å². The minimum atomic E-state index is -0.390. The fourth-order valence-corrected chi connectivity index (χ4v) is 3.71. The molecule has 5 heteroatoms. The molecule has 0 bridgehead atoms. The van der Waals surface area contributed by atoms with Crippen LogP contribution in [-0.2, 0) is 17.8 Å². The van der Waals surface area contributed by atoms with Gasteiger partial charge in [-0.25, -0.2) is 0 Å². The average molecular weight is 430 g/mol. The van der Waals surface area contributed by atoms with E-state index in [1.54, 1.807) is 0 Å². The summed E-state index contributed by atoms with van der Waals surface area (Å²) in [6.45, 7) is 2.97. The summed E-state index contributed by atoms with van der Waals surface area (Å²) in [5.74, 6) is 0.213. The molecule has 0 aliphatic heterocycles. The number of anilines is 1. The summed E-state index contributed by atoms with van der Waals surface area (Å²) in [6, 6.07) is 23.3. The molecule has 0 heterocycles. The van der Waals surface area contributed by atoms with Crippen molar-refractivity contribution in [3.63, 3.8) is 0 Å². The van der Waals surface area contributed by atoms with Crippen LogP contribution >= 0.6 is 0 Å². The van der Waals surface area contributed by atoms with Crippen molar-refractivity contribution in [2.75, 3.05) is 11.9 Å². The summed E-state index contributed by atoms with van der Waals surface area (Å²) in [6.07, 6.45) is 3.78. The van der Waals surface area contributed by atoms with Gasteiger partial charge in [0.25, 0.3) is 0 Å². The van der Waals surface area contributed by atoms with Crippen molar-refractivity contribution >= 4 is 17.8 Å². The smallest absolute Gasteiger partial charge is 0.231 e.